The smallest absolute Gasteiger partial charge is 0.123 e. The number of nitrogens with two attached hydrogens (primary N) is 1. The van der Waals surface area contributed by atoms with Crippen LogP contribution in [0.1, 0.15) is 11.7 Å². The fourth-order valence-corrected chi connectivity index (χ4v) is 1.74. The molecule has 0 heterocycles. The van der Waals surface area contributed by atoms with Crippen molar-refractivity contribution < 1.29 is 14.2 Å². The van der Waals surface area contributed by atoms with Crippen molar-refractivity contribution in [2.45, 2.75) is 6.10 Å². The second kappa shape index (κ2) is 6.17. The number of hydrogen-bond acceptors (Lipinski definition) is 3. The van der Waals surface area contributed by atoms with Gasteiger partial charge in [0.15, 0.2) is 0 Å². The molecular formula is C10H13BrFNO2. The van der Waals surface area contributed by atoms with Crippen molar-refractivity contribution in [3.63, 3.8) is 0 Å². The van der Waals surface area contributed by atoms with E-state index in [9.17, 15) is 4.39 Å². The summed E-state index contributed by atoms with van der Waals surface area (Å²) in [6, 6.07) is 4.34. The quantitative estimate of drug-likeness (QED) is 0.860. The molecule has 1 aromatic carbocycles. The first-order valence-corrected chi connectivity index (χ1v) is 5.35. The second-order valence-corrected chi connectivity index (χ2v) is 3.84. The topological polar surface area (TPSA) is 55.5 Å². The molecule has 0 aliphatic rings. The lowest BCUT2D eigenvalue weighted by molar-refractivity contribution is 0.0323. The summed E-state index contributed by atoms with van der Waals surface area (Å²) in [6.07, 6.45) is -0.401. The molecule has 0 spiro atoms. The van der Waals surface area contributed by atoms with Gasteiger partial charge in [-0.05, 0) is 23.8 Å². The Labute approximate surface area is 96.2 Å². The number of halogens is 2. The van der Waals surface area contributed by atoms with Gasteiger partial charge in [-0.1, -0.05) is 15.9 Å². The summed E-state index contributed by atoms with van der Waals surface area (Å²) in [6.45, 7) is 0.344. The van der Waals surface area contributed by atoms with Gasteiger partial charge in [-0.2, -0.15) is 0 Å². The molecule has 0 bridgehead atoms. The van der Waals surface area contributed by atoms with E-state index in [0.29, 0.717) is 5.56 Å². The summed E-state index contributed by atoms with van der Waals surface area (Å²) in [5, 5.41) is 8.63. The minimum atomic E-state index is -0.401. The van der Waals surface area contributed by atoms with E-state index < -0.39 is 6.10 Å². The van der Waals surface area contributed by atoms with Gasteiger partial charge in [-0.3, -0.25) is 0 Å². The van der Waals surface area contributed by atoms with Crippen LogP contribution in [0.3, 0.4) is 0 Å². The van der Waals surface area contributed by atoms with Crippen molar-refractivity contribution in [1.29, 1.82) is 0 Å². The van der Waals surface area contributed by atoms with Gasteiger partial charge in [0.05, 0.1) is 19.3 Å². The van der Waals surface area contributed by atoms with Crippen LogP contribution < -0.4 is 5.73 Å². The molecule has 15 heavy (non-hydrogen) atoms. The van der Waals surface area contributed by atoms with E-state index in [1.807, 2.05) is 0 Å². The number of hydrogen-bond donors (Lipinski definition) is 2. The Morgan fingerprint density at radius 3 is 2.87 bits per heavy atom. The first-order valence-electron chi connectivity index (χ1n) is 4.56. The monoisotopic (exact) mass is 277 g/mol. The largest absolute Gasteiger partial charge is 0.394 e. The van der Waals surface area contributed by atoms with Crippen molar-refractivity contribution in [3.8, 4) is 0 Å². The highest BCUT2D eigenvalue weighted by atomic mass is 79.9. The van der Waals surface area contributed by atoms with Crippen molar-refractivity contribution in [3.05, 3.63) is 34.1 Å². The fourth-order valence-electron chi connectivity index (χ4n) is 1.24. The van der Waals surface area contributed by atoms with Gasteiger partial charge >= 0.3 is 0 Å². The molecule has 0 saturated heterocycles. The van der Waals surface area contributed by atoms with Crippen LogP contribution in [0.15, 0.2) is 22.7 Å². The van der Waals surface area contributed by atoms with E-state index in [2.05, 4.69) is 15.9 Å². The summed E-state index contributed by atoms with van der Waals surface area (Å²) in [7, 11) is 0. The van der Waals surface area contributed by atoms with Gasteiger partial charge in [-0.15, -0.1) is 0 Å². The van der Waals surface area contributed by atoms with Crippen LogP contribution in [-0.4, -0.2) is 24.9 Å². The van der Waals surface area contributed by atoms with Crippen molar-refractivity contribution in [2.75, 3.05) is 19.8 Å². The zero-order valence-electron chi connectivity index (χ0n) is 8.12. The molecule has 0 radical (unpaired) electrons. The Morgan fingerprint density at radius 1 is 1.53 bits per heavy atom. The van der Waals surface area contributed by atoms with Crippen LogP contribution in [-0.2, 0) is 4.74 Å². The van der Waals surface area contributed by atoms with E-state index in [1.54, 1.807) is 6.07 Å². The molecule has 5 heteroatoms. The first-order chi connectivity index (χ1) is 7.19. The van der Waals surface area contributed by atoms with E-state index in [4.69, 9.17) is 15.6 Å². The Morgan fingerprint density at radius 2 is 2.27 bits per heavy atom. The standard InChI is InChI=1S/C10H13BrFNO2/c11-9-2-1-7(12)5-8(9)10(6-13)15-4-3-14/h1-2,5,10,14H,3-4,6,13H2. The predicted octanol–water partition coefficient (Wildman–Crippen LogP) is 1.60. The van der Waals surface area contributed by atoms with E-state index in [0.717, 1.165) is 4.47 Å². The zero-order valence-corrected chi connectivity index (χ0v) is 9.71. The first kappa shape index (κ1) is 12.6. The molecular weight excluding hydrogens is 265 g/mol. The van der Waals surface area contributed by atoms with Gasteiger partial charge in [0.1, 0.15) is 5.82 Å². The molecule has 1 atom stereocenters. The maximum atomic E-state index is 13.0. The SMILES string of the molecule is NCC(OCCO)c1cc(F)ccc1Br. The number of aliphatic hydroxyl groups excluding tert-OH is 1. The summed E-state index contributed by atoms with van der Waals surface area (Å²) in [4.78, 5) is 0. The average molecular weight is 278 g/mol. The highest BCUT2D eigenvalue weighted by Crippen LogP contribution is 2.26. The average Bonchev–Trinajstić information content (AvgIpc) is 2.24. The molecule has 1 rings (SSSR count). The molecule has 0 amide bonds. The van der Waals surface area contributed by atoms with Crippen LogP contribution in [0.5, 0.6) is 0 Å². The minimum Gasteiger partial charge on any atom is -0.394 e. The Bertz CT molecular complexity index is 322. The molecule has 0 fully saturated rings. The molecule has 0 aliphatic carbocycles. The number of ether oxygens (including phenoxy) is 1. The molecule has 0 saturated carbocycles. The Kier molecular flexibility index (Phi) is 5.17. The van der Waals surface area contributed by atoms with Crippen LogP contribution in [0.4, 0.5) is 4.39 Å². The van der Waals surface area contributed by atoms with Gasteiger partial charge < -0.3 is 15.6 Å². The van der Waals surface area contributed by atoms with Crippen molar-refractivity contribution >= 4 is 15.9 Å². The number of rotatable bonds is 5. The third-order valence-electron chi connectivity index (χ3n) is 1.93. The maximum absolute atomic E-state index is 13.0. The highest BCUT2D eigenvalue weighted by molar-refractivity contribution is 9.10. The summed E-state index contributed by atoms with van der Waals surface area (Å²) in [5.41, 5.74) is 6.17. The van der Waals surface area contributed by atoms with Crippen molar-refractivity contribution in [1.82, 2.24) is 0 Å². The number of aliphatic hydroxyl groups is 1. The van der Waals surface area contributed by atoms with E-state index >= 15 is 0 Å². The van der Waals surface area contributed by atoms with Crippen LogP contribution in [0.25, 0.3) is 0 Å². The van der Waals surface area contributed by atoms with Crippen LogP contribution in [0, 0.1) is 5.82 Å². The number of benzene rings is 1. The fraction of sp³-hybridized carbons (Fsp3) is 0.400. The van der Waals surface area contributed by atoms with Gasteiger partial charge in [-0.25, -0.2) is 4.39 Å². The third-order valence-corrected chi connectivity index (χ3v) is 2.65. The third kappa shape index (κ3) is 3.53. The summed E-state index contributed by atoms with van der Waals surface area (Å²) < 4.78 is 19.0. The lowest BCUT2D eigenvalue weighted by Crippen LogP contribution is -2.18. The summed E-state index contributed by atoms with van der Waals surface area (Å²) in [5.74, 6) is -0.334. The highest BCUT2D eigenvalue weighted by Gasteiger charge is 2.14. The van der Waals surface area contributed by atoms with Gasteiger partial charge in [0.2, 0.25) is 0 Å². The molecule has 0 aromatic heterocycles. The lowest BCUT2D eigenvalue weighted by Gasteiger charge is -2.17. The molecule has 1 aromatic rings. The van der Waals surface area contributed by atoms with Crippen molar-refractivity contribution in [2.24, 2.45) is 5.73 Å². The predicted molar refractivity (Wildman–Crippen MR) is 58.9 cm³/mol. The van der Waals surface area contributed by atoms with Crippen LogP contribution >= 0.6 is 15.9 Å². The van der Waals surface area contributed by atoms with Crippen LogP contribution in [0.2, 0.25) is 0 Å². The maximum Gasteiger partial charge on any atom is 0.123 e. The van der Waals surface area contributed by atoms with Gasteiger partial charge in [0, 0.05) is 11.0 Å². The normalized spacial score (nSPS) is 12.8. The van der Waals surface area contributed by atoms with Gasteiger partial charge in [0.25, 0.3) is 0 Å². The molecule has 1 unspecified atom stereocenters. The molecule has 3 nitrogen and oxygen atoms in total. The Balaban J connectivity index is 2.85. The Hall–Kier alpha value is -0.490. The second-order valence-electron chi connectivity index (χ2n) is 2.98. The van der Waals surface area contributed by atoms with E-state index in [1.165, 1.54) is 12.1 Å². The zero-order chi connectivity index (χ0) is 11.3. The molecule has 0 aliphatic heterocycles. The van der Waals surface area contributed by atoms with E-state index in [-0.39, 0.29) is 25.6 Å². The molecule has 84 valence electrons. The minimum absolute atomic E-state index is 0.0799. The molecule has 3 N–H and O–H groups in total. The summed E-state index contributed by atoms with van der Waals surface area (Å²) >= 11 is 3.30. The lowest BCUT2D eigenvalue weighted by atomic mass is 10.1.